The maximum atomic E-state index is 12.8. The topological polar surface area (TPSA) is 174 Å². The van der Waals surface area contributed by atoms with Crippen molar-refractivity contribution >= 4 is 17.8 Å². The Balaban J connectivity index is 5.25. The highest BCUT2D eigenvalue weighted by Crippen LogP contribution is 2.17. The molecule has 9 nitrogen and oxygen atoms in total. The first-order valence-electron chi connectivity index (χ1n) is 8.71. The lowest BCUT2D eigenvalue weighted by molar-refractivity contribution is -0.140. The third-order valence-corrected chi connectivity index (χ3v) is 3.86. The first kappa shape index (κ1) is 24.3. The van der Waals surface area contributed by atoms with E-state index >= 15 is 0 Å². The monoisotopic (exact) mass is 373 g/mol. The van der Waals surface area contributed by atoms with Gasteiger partial charge in [-0.2, -0.15) is 0 Å². The number of amides is 2. The largest absolute Gasteiger partial charge is 0.480 e. The van der Waals surface area contributed by atoms with E-state index in [-0.39, 0.29) is 5.92 Å². The number of carbonyl (C=O) groups excluding carboxylic acids is 2. The van der Waals surface area contributed by atoms with Gasteiger partial charge in [-0.05, 0) is 40.0 Å². The molecular weight excluding hydrogens is 338 g/mol. The highest BCUT2D eigenvalue weighted by atomic mass is 16.4. The van der Waals surface area contributed by atoms with Crippen LogP contribution in [0.4, 0.5) is 0 Å². The molecule has 0 fully saturated rings. The van der Waals surface area contributed by atoms with E-state index in [4.69, 9.17) is 22.3 Å². The molecule has 0 heterocycles. The van der Waals surface area contributed by atoms with Crippen molar-refractivity contribution in [1.82, 2.24) is 10.6 Å². The Morgan fingerprint density at radius 1 is 1.00 bits per heavy atom. The van der Waals surface area contributed by atoms with Gasteiger partial charge >= 0.3 is 5.97 Å². The molecule has 0 aromatic rings. The number of aliphatic carboxylic acids is 1. The molecule has 2 amide bonds. The van der Waals surface area contributed by atoms with Crippen LogP contribution in [-0.2, 0) is 14.4 Å². The molecule has 0 bridgehead atoms. The number of carboxylic acids is 1. The van der Waals surface area contributed by atoms with Crippen molar-refractivity contribution in [1.29, 1.82) is 0 Å². The molecule has 0 aliphatic carbocycles. The average molecular weight is 373 g/mol. The first-order valence-corrected chi connectivity index (χ1v) is 8.71. The number of nitrogens with one attached hydrogen (secondary N) is 2. The summed E-state index contributed by atoms with van der Waals surface area (Å²) < 4.78 is 0. The summed E-state index contributed by atoms with van der Waals surface area (Å²) in [4.78, 5) is 35.6. The lowest BCUT2D eigenvalue weighted by atomic mass is 9.81. The maximum absolute atomic E-state index is 12.8. The van der Waals surface area contributed by atoms with Crippen LogP contribution in [0.15, 0.2) is 0 Å². The fourth-order valence-corrected chi connectivity index (χ4v) is 2.82. The summed E-state index contributed by atoms with van der Waals surface area (Å²) in [5, 5.41) is 14.2. The molecule has 0 radical (unpaired) electrons. The summed E-state index contributed by atoms with van der Waals surface area (Å²) in [5.41, 5.74) is 16.1. The molecule has 9 N–H and O–H groups in total. The van der Waals surface area contributed by atoms with Crippen LogP contribution >= 0.6 is 0 Å². The third kappa shape index (κ3) is 8.59. The second-order valence-corrected chi connectivity index (χ2v) is 8.48. The lowest BCUT2D eigenvalue weighted by Crippen LogP contribution is -2.68. The van der Waals surface area contributed by atoms with E-state index in [0.29, 0.717) is 6.42 Å². The number of carbonyl (C=O) groups is 3. The molecular formula is C17H35N5O4. The van der Waals surface area contributed by atoms with E-state index in [1.54, 1.807) is 27.7 Å². The fraction of sp³-hybridized carbons (Fsp3) is 0.824. The van der Waals surface area contributed by atoms with Gasteiger partial charge in [0.2, 0.25) is 11.8 Å². The first-order chi connectivity index (χ1) is 11.6. The van der Waals surface area contributed by atoms with E-state index in [0.717, 1.165) is 0 Å². The molecule has 0 aliphatic rings. The summed E-state index contributed by atoms with van der Waals surface area (Å²) in [5.74, 6) is -2.18. The van der Waals surface area contributed by atoms with Crippen LogP contribution in [-0.4, -0.2) is 52.1 Å². The van der Waals surface area contributed by atoms with E-state index in [1.165, 1.54) is 0 Å². The zero-order valence-corrected chi connectivity index (χ0v) is 16.6. The second kappa shape index (κ2) is 9.29. The summed E-state index contributed by atoms with van der Waals surface area (Å²) in [7, 11) is 0. The predicted molar refractivity (Wildman–Crippen MR) is 100 cm³/mol. The number of nitrogens with two attached hydrogens (primary N) is 3. The van der Waals surface area contributed by atoms with Crippen LogP contribution in [0, 0.1) is 5.92 Å². The minimum absolute atomic E-state index is 0.120. The normalized spacial score (nSPS) is 14.9. The van der Waals surface area contributed by atoms with Crippen molar-refractivity contribution in [2.75, 3.05) is 0 Å². The van der Waals surface area contributed by atoms with E-state index < -0.39 is 53.4 Å². The Hall–Kier alpha value is -1.71. The minimum Gasteiger partial charge on any atom is -0.480 e. The Bertz CT molecular complexity index is 494. The third-order valence-electron chi connectivity index (χ3n) is 3.86. The Morgan fingerprint density at radius 3 is 1.81 bits per heavy atom. The minimum atomic E-state index is -1.32. The molecule has 152 valence electrons. The molecule has 0 saturated carbocycles. The van der Waals surface area contributed by atoms with Crippen molar-refractivity contribution in [3.63, 3.8) is 0 Å². The van der Waals surface area contributed by atoms with Gasteiger partial charge < -0.3 is 32.9 Å². The SMILES string of the molecule is CC(C)CC(NC(=O)CC(N)C(=O)O)C(=O)NC(C(C)(C)N)C(C)(C)N. The Morgan fingerprint density at radius 2 is 1.46 bits per heavy atom. The van der Waals surface area contributed by atoms with E-state index in [1.807, 2.05) is 13.8 Å². The van der Waals surface area contributed by atoms with Gasteiger partial charge in [-0.25, -0.2) is 0 Å². The van der Waals surface area contributed by atoms with E-state index in [9.17, 15) is 14.4 Å². The molecule has 0 spiro atoms. The standard InChI is InChI=1S/C17H35N5O4/c1-9(2)7-11(21-12(23)8-10(18)14(25)26)13(24)22-15(16(3,4)19)17(5,6)20/h9-11,15H,7-8,18-20H2,1-6H3,(H,21,23)(H,22,24)(H,25,26). The van der Waals surface area contributed by atoms with Gasteiger partial charge in [0.25, 0.3) is 0 Å². The molecule has 0 rings (SSSR count). The molecule has 0 aromatic heterocycles. The van der Waals surface area contributed by atoms with Gasteiger partial charge in [-0.15, -0.1) is 0 Å². The van der Waals surface area contributed by atoms with Gasteiger partial charge in [0.1, 0.15) is 12.1 Å². The van der Waals surface area contributed by atoms with Gasteiger partial charge in [-0.1, -0.05) is 13.8 Å². The summed E-state index contributed by atoms with van der Waals surface area (Å²) in [6.07, 6.45) is -0.0337. The molecule has 0 aliphatic heterocycles. The van der Waals surface area contributed by atoms with Crippen molar-refractivity contribution in [2.45, 2.75) is 83.6 Å². The molecule has 0 saturated heterocycles. The highest BCUT2D eigenvalue weighted by molar-refractivity contribution is 5.90. The molecule has 0 aromatic carbocycles. The summed E-state index contributed by atoms with van der Waals surface area (Å²) in [6, 6.07) is -2.71. The van der Waals surface area contributed by atoms with Crippen LogP contribution < -0.4 is 27.8 Å². The summed E-state index contributed by atoms with van der Waals surface area (Å²) in [6.45, 7) is 10.9. The van der Waals surface area contributed by atoms with Crippen molar-refractivity contribution in [3.8, 4) is 0 Å². The number of hydrogen-bond donors (Lipinski definition) is 6. The molecule has 2 unspecified atom stereocenters. The zero-order chi connectivity index (χ0) is 20.9. The number of hydrogen-bond acceptors (Lipinski definition) is 6. The van der Waals surface area contributed by atoms with Gasteiger partial charge in [0.15, 0.2) is 0 Å². The van der Waals surface area contributed by atoms with Crippen molar-refractivity contribution in [3.05, 3.63) is 0 Å². The van der Waals surface area contributed by atoms with E-state index in [2.05, 4.69) is 10.6 Å². The maximum Gasteiger partial charge on any atom is 0.321 e. The van der Waals surface area contributed by atoms with Crippen LogP contribution in [0.25, 0.3) is 0 Å². The fourth-order valence-electron chi connectivity index (χ4n) is 2.82. The quantitative estimate of drug-likeness (QED) is 0.293. The van der Waals surface area contributed by atoms with Gasteiger partial charge in [0.05, 0.1) is 12.5 Å². The Labute approximate surface area is 155 Å². The Kier molecular flexibility index (Phi) is 8.68. The summed E-state index contributed by atoms with van der Waals surface area (Å²) >= 11 is 0. The number of carboxylic acid groups (broad SMARTS) is 1. The molecule has 26 heavy (non-hydrogen) atoms. The highest BCUT2D eigenvalue weighted by Gasteiger charge is 2.38. The van der Waals surface area contributed by atoms with Crippen molar-refractivity contribution < 1.29 is 19.5 Å². The molecule has 2 atom stereocenters. The predicted octanol–water partition coefficient (Wildman–Crippen LogP) is -0.721. The second-order valence-electron chi connectivity index (χ2n) is 8.48. The van der Waals surface area contributed by atoms with Crippen LogP contribution in [0.5, 0.6) is 0 Å². The van der Waals surface area contributed by atoms with Crippen LogP contribution in [0.3, 0.4) is 0 Å². The smallest absolute Gasteiger partial charge is 0.321 e. The van der Waals surface area contributed by atoms with Gasteiger partial charge in [0, 0.05) is 11.1 Å². The lowest BCUT2D eigenvalue weighted by Gasteiger charge is -2.41. The van der Waals surface area contributed by atoms with Crippen LogP contribution in [0.1, 0.15) is 54.4 Å². The van der Waals surface area contributed by atoms with Gasteiger partial charge in [-0.3, -0.25) is 14.4 Å². The molecule has 9 heteroatoms. The number of rotatable bonds is 10. The van der Waals surface area contributed by atoms with Crippen LogP contribution in [0.2, 0.25) is 0 Å². The average Bonchev–Trinajstić information content (AvgIpc) is 2.40. The zero-order valence-electron chi connectivity index (χ0n) is 16.6. The van der Waals surface area contributed by atoms with Crippen molar-refractivity contribution in [2.24, 2.45) is 23.1 Å².